The summed E-state index contributed by atoms with van der Waals surface area (Å²) in [7, 11) is 2.47. The topological polar surface area (TPSA) is 172 Å². The molecule has 3 N–H and O–H groups in total. The van der Waals surface area contributed by atoms with Gasteiger partial charge in [0.05, 0.1) is 36.5 Å². The van der Waals surface area contributed by atoms with Gasteiger partial charge in [-0.15, -0.1) is 0 Å². The Morgan fingerprint density at radius 3 is 1.46 bits per heavy atom. The van der Waals surface area contributed by atoms with Crippen LogP contribution >= 0.6 is 0 Å². The fourth-order valence-electron chi connectivity index (χ4n) is 8.35. The predicted octanol–water partition coefficient (Wildman–Crippen LogP) is 4.07. The molecule has 2 aromatic heterocycles. The number of nitrogens with zero attached hydrogens (tertiary/aromatic N) is 6. The quantitative estimate of drug-likeness (QED) is 0.265. The summed E-state index contributed by atoms with van der Waals surface area (Å²) in [6.45, 7) is 5.23. The van der Waals surface area contributed by atoms with Crippen LogP contribution in [0.25, 0.3) is 22.1 Å². The van der Waals surface area contributed by atoms with Crippen molar-refractivity contribution in [3.63, 3.8) is 0 Å². The number of imidazole rings is 2. The lowest BCUT2D eigenvalue weighted by Gasteiger charge is -2.37. The normalized spacial score (nSPS) is 21.8. The van der Waals surface area contributed by atoms with Gasteiger partial charge in [0.25, 0.3) is 0 Å². The van der Waals surface area contributed by atoms with Gasteiger partial charge in [-0.2, -0.15) is 0 Å². The highest BCUT2D eigenvalue weighted by Crippen LogP contribution is 2.33. The lowest BCUT2D eigenvalue weighted by molar-refractivity contribution is -0.143. The van der Waals surface area contributed by atoms with E-state index < -0.39 is 13.1 Å². The molecule has 2 aromatic carbocycles. The Morgan fingerprint density at radius 1 is 0.685 bits per heavy atom. The van der Waals surface area contributed by atoms with Crippen molar-refractivity contribution in [3.8, 4) is 11.5 Å². The number of hydrogen-bond acceptors (Lipinski definition) is 7. The fraction of sp³-hybridized carbons (Fsp3) is 0.564. The number of carboxylic acids is 1. The molecule has 54 heavy (non-hydrogen) atoms. The Labute approximate surface area is 314 Å². The number of phenolic OH excluding ortho intramolecular Hbond substituents is 2. The van der Waals surface area contributed by atoms with Gasteiger partial charge in [0, 0.05) is 78.3 Å². The summed E-state index contributed by atoms with van der Waals surface area (Å²) in [6, 6.07) is 9.93. The molecule has 0 spiro atoms. The number of alkyl halides is 1. The molecule has 0 radical (unpaired) electrons. The van der Waals surface area contributed by atoms with E-state index >= 15 is 0 Å². The van der Waals surface area contributed by atoms with Crippen LogP contribution in [-0.4, -0.2) is 94.5 Å². The van der Waals surface area contributed by atoms with E-state index in [-0.39, 0.29) is 46.5 Å². The van der Waals surface area contributed by atoms with E-state index in [0.29, 0.717) is 63.9 Å². The average Bonchev–Trinajstić information content (AvgIpc) is 3.54. The van der Waals surface area contributed by atoms with Gasteiger partial charge in [0.2, 0.25) is 11.8 Å². The number of phenols is 2. The molecule has 7 rings (SSSR count). The molecule has 2 aliphatic carbocycles. The first-order valence-corrected chi connectivity index (χ1v) is 18.6. The molecule has 14 nitrogen and oxygen atoms in total. The number of carboxylic acid groups (broad SMARTS) is 1. The van der Waals surface area contributed by atoms with Crippen molar-refractivity contribution >= 4 is 39.9 Å². The standard InChI is InChI=1S/C22H30N4O4.C16H20N2O4.CH3F/c1-15(27)24-9-11-25(12-10-24)21(29)17-5-3-16(4-6-17)14-26-20-13-18(28)7-8-19(20)23(2)22(26)30;1-17-13-7-6-12(19)8-14(13)18(16(17)22)9-10-2-4-11(5-3-10)15(20)21;1-2/h7-8,13,16-17,28H,3-6,9-12,14H2,1-2H3;6-8,10-11,19H,2-5,9H2,1H3,(H,20,21);1H3/i;;1D. The van der Waals surface area contributed by atoms with Crippen molar-refractivity contribution in [3.05, 3.63) is 57.4 Å². The first kappa shape index (κ1) is 38.6. The van der Waals surface area contributed by atoms with E-state index in [1.54, 1.807) is 80.6 Å². The third-order valence-electron chi connectivity index (χ3n) is 11.6. The van der Waals surface area contributed by atoms with Gasteiger partial charge in [-0.25, -0.2) is 9.59 Å². The smallest absolute Gasteiger partial charge is 0.328 e. The van der Waals surface area contributed by atoms with Crippen molar-refractivity contribution in [2.24, 2.45) is 37.8 Å². The number of hydrogen-bond donors (Lipinski definition) is 3. The first-order chi connectivity index (χ1) is 26.2. The molecule has 0 bridgehead atoms. The Hall–Kier alpha value is -5.08. The highest BCUT2D eigenvalue weighted by molar-refractivity contribution is 5.80. The summed E-state index contributed by atoms with van der Waals surface area (Å²) in [5, 5.41) is 28.6. The number of aromatic nitrogens is 4. The molecule has 294 valence electrons. The van der Waals surface area contributed by atoms with E-state index in [0.717, 1.165) is 60.6 Å². The maximum Gasteiger partial charge on any atom is 0.328 e. The molecule has 3 heterocycles. The fourth-order valence-corrected chi connectivity index (χ4v) is 8.35. The number of aromatic hydroxyl groups is 2. The molecule has 2 saturated carbocycles. The lowest BCUT2D eigenvalue weighted by Crippen LogP contribution is -2.51. The van der Waals surface area contributed by atoms with E-state index in [1.807, 2.05) is 4.90 Å². The number of benzene rings is 2. The molecule has 0 unspecified atom stereocenters. The minimum Gasteiger partial charge on any atom is -0.508 e. The Kier molecular flexibility index (Phi) is 12.4. The zero-order valence-corrected chi connectivity index (χ0v) is 31.3. The van der Waals surface area contributed by atoms with E-state index in [1.165, 1.54) is 0 Å². The second-order valence-corrected chi connectivity index (χ2v) is 14.9. The van der Waals surface area contributed by atoms with E-state index in [4.69, 9.17) is 6.48 Å². The molecular weight excluding hydrogens is 699 g/mol. The minimum atomic E-state index is -1.00. The number of rotatable bonds is 6. The second kappa shape index (κ2) is 17.4. The van der Waals surface area contributed by atoms with Crippen molar-refractivity contribution < 1.29 is 35.5 Å². The van der Waals surface area contributed by atoms with Gasteiger partial charge in [-0.05, 0) is 87.5 Å². The maximum absolute atomic E-state index is 12.9. The molecule has 1 saturated heterocycles. The number of carbonyl (C=O) groups is 3. The number of amides is 2. The van der Waals surface area contributed by atoms with Gasteiger partial charge in [-0.1, -0.05) is 0 Å². The van der Waals surface area contributed by atoms with Crippen LogP contribution in [0.5, 0.6) is 11.5 Å². The summed E-state index contributed by atoms with van der Waals surface area (Å²) in [6.07, 6.45) is 6.46. The third-order valence-corrected chi connectivity index (χ3v) is 11.6. The predicted molar refractivity (Wildman–Crippen MR) is 202 cm³/mol. The molecule has 4 aromatic rings. The summed E-state index contributed by atoms with van der Waals surface area (Å²) in [5.74, 6) is 0.301. The van der Waals surface area contributed by atoms with Crippen LogP contribution < -0.4 is 11.4 Å². The largest absolute Gasteiger partial charge is 0.508 e. The molecular formula is C39H53FN6O8. The SMILES string of the molecule is CC(=O)N1CCN(C(=O)C2CCC(Cn3c(=O)n(C)c4ccc(O)cc43)CC2)CC1.Cn1c(=O)n(CC2CCC(C(=O)O)CC2)c2cc(O)ccc21.[2H]CF. The molecule has 3 fully saturated rings. The van der Waals surface area contributed by atoms with Crippen LogP contribution in [0.3, 0.4) is 0 Å². The van der Waals surface area contributed by atoms with Crippen LogP contribution in [0.1, 0.15) is 59.7 Å². The number of aryl methyl sites for hydroxylation is 2. The van der Waals surface area contributed by atoms with Crippen LogP contribution in [0.15, 0.2) is 46.0 Å². The minimum absolute atomic E-state index is 0.0402. The number of halogens is 1. The number of aliphatic carboxylic acids is 1. The highest BCUT2D eigenvalue weighted by atomic mass is 19.1. The molecule has 0 atom stereocenters. The number of fused-ring (bicyclic) bond motifs is 2. The summed E-state index contributed by atoms with van der Waals surface area (Å²) in [5.41, 5.74) is 2.92. The summed E-state index contributed by atoms with van der Waals surface area (Å²) >= 11 is 0. The van der Waals surface area contributed by atoms with Crippen LogP contribution in [0, 0.1) is 23.7 Å². The molecule has 2 amide bonds. The van der Waals surface area contributed by atoms with Crippen molar-refractivity contribution in [2.45, 2.75) is 71.4 Å². The van der Waals surface area contributed by atoms with Crippen LogP contribution in [-0.2, 0) is 41.6 Å². The van der Waals surface area contributed by atoms with Crippen LogP contribution in [0.2, 0.25) is 0 Å². The lowest BCUT2D eigenvalue weighted by atomic mass is 9.81. The summed E-state index contributed by atoms with van der Waals surface area (Å²) < 4.78 is 22.1. The monoisotopic (exact) mass is 753 g/mol. The second-order valence-electron chi connectivity index (χ2n) is 14.9. The molecule has 15 heteroatoms. The Bertz CT molecular complexity index is 2100. The third kappa shape index (κ3) is 8.65. The summed E-state index contributed by atoms with van der Waals surface area (Å²) in [4.78, 5) is 64.2. The van der Waals surface area contributed by atoms with Gasteiger partial charge >= 0.3 is 17.3 Å². The number of carbonyl (C=O) groups excluding carboxylic acids is 2. The Morgan fingerprint density at radius 2 is 1.07 bits per heavy atom. The van der Waals surface area contributed by atoms with Crippen molar-refractivity contribution in [1.82, 2.24) is 28.1 Å². The van der Waals surface area contributed by atoms with Crippen molar-refractivity contribution in [1.29, 1.82) is 0 Å². The molecule has 3 aliphatic rings. The van der Waals surface area contributed by atoms with Gasteiger partial charge < -0.3 is 25.1 Å². The highest BCUT2D eigenvalue weighted by Gasteiger charge is 2.32. The first-order valence-electron chi connectivity index (χ1n) is 19.3. The van der Waals surface area contributed by atoms with E-state index in [9.17, 15) is 38.6 Å². The molecule has 1 aliphatic heterocycles. The van der Waals surface area contributed by atoms with Crippen molar-refractivity contribution in [2.75, 3.05) is 33.3 Å². The van der Waals surface area contributed by atoms with E-state index in [2.05, 4.69) is 0 Å². The van der Waals surface area contributed by atoms with Gasteiger partial charge in [0.1, 0.15) is 11.5 Å². The van der Waals surface area contributed by atoms with Gasteiger partial charge in [0.15, 0.2) is 0 Å². The zero-order valence-electron chi connectivity index (χ0n) is 32.3. The number of piperazine rings is 1. The van der Waals surface area contributed by atoms with Gasteiger partial charge in [-0.3, -0.25) is 37.0 Å². The zero-order chi connectivity index (χ0) is 40.0. The maximum atomic E-state index is 12.9. The van der Waals surface area contributed by atoms with Crippen LogP contribution in [0.4, 0.5) is 4.39 Å². The Balaban J connectivity index is 0.000000205. The average molecular weight is 754 g/mol.